The van der Waals surface area contributed by atoms with Gasteiger partial charge in [0, 0.05) is 12.6 Å². The van der Waals surface area contributed by atoms with E-state index in [1.807, 2.05) is 0 Å². The minimum atomic E-state index is 0.279. The number of aliphatic hydroxyl groups is 1. The van der Waals surface area contributed by atoms with Crippen LogP contribution in [0.15, 0.2) is 0 Å². The molecule has 1 aliphatic rings. The Morgan fingerprint density at radius 3 is 2.46 bits per heavy atom. The lowest BCUT2D eigenvalue weighted by molar-refractivity contribution is -0.0420. The summed E-state index contributed by atoms with van der Waals surface area (Å²) in [5.41, 5.74) is 0. The van der Waals surface area contributed by atoms with Gasteiger partial charge in [0.05, 0.1) is 12.2 Å². The van der Waals surface area contributed by atoms with E-state index in [-0.39, 0.29) is 6.61 Å². The van der Waals surface area contributed by atoms with Gasteiger partial charge < -0.3 is 15.2 Å². The first kappa shape index (κ1) is 11.0. The first-order valence-corrected chi connectivity index (χ1v) is 5.22. The minimum absolute atomic E-state index is 0.279. The Morgan fingerprint density at radius 2 is 1.92 bits per heavy atom. The van der Waals surface area contributed by atoms with Gasteiger partial charge >= 0.3 is 0 Å². The maximum atomic E-state index is 8.64. The van der Waals surface area contributed by atoms with Crippen molar-refractivity contribution in [3.8, 4) is 0 Å². The van der Waals surface area contributed by atoms with Gasteiger partial charge in [0.1, 0.15) is 0 Å². The third-order valence-corrected chi connectivity index (χ3v) is 2.47. The summed E-state index contributed by atoms with van der Waals surface area (Å²) in [6.07, 6.45) is 3.77. The van der Waals surface area contributed by atoms with Crippen LogP contribution in [0, 0.1) is 0 Å². The molecule has 1 fully saturated rings. The Hall–Kier alpha value is -0.120. The summed E-state index contributed by atoms with van der Waals surface area (Å²) in [5, 5.41) is 12.1. The highest BCUT2D eigenvalue weighted by atomic mass is 16.5. The fourth-order valence-corrected chi connectivity index (χ4v) is 1.96. The molecule has 1 aliphatic heterocycles. The largest absolute Gasteiger partial charge is 0.396 e. The maximum absolute atomic E-state index is 8.64. The van der Waals surface area contributed by atoms with Crippen LogP contribution in [-0.2, 0) is 4.74 Å². The van der Waals surface area contributed by atoms with Crippen molar-refractivity contribution in [2.45, 2.75) is 51.4 Å². The van der Waals surface area contributed by atoms with Crippen molar-refractivity contribution < 1.29 is 9.84 Å². The van der Waals surface area contributed by atoms with E-state index < -0.39 is 0 Å². The Kier molecular flexibility index (Phi) is 4.70. The molecule has 1 rings (SSSR count). The van der Waals surface area contributed by atoms with Crippen molar-refractivity contribution in [2.24, 2.45) is 0 Å². The number of hydrogen-bond acceptors (Lipinski definition) is 3. The molecule has 0 aromatic rings. The average Bonchev–Trinajstić information content (AvgIpc) is 2.03. The van der Waals surface area contributed by atoms with Crippen LogP contribution in [0.3, 0.4) is 0 Å². The Labute approximate surface area is 80.5 Å². The van der Waals surface area contributed by atoms with E-state index in [1.54, 1.807) is 0 Å². The SMILES string of the molecule is CC1CC(NCCCO)CC(C)O1. The van der Waals surface area contributed by atoms with Crippen LogP contribution >= 0.6 is 0 Å². The van der Waals surface area contributed by atoms with Crippen molar-refractivity contribution in [3.05, 3.63) is 0 Å². The third kappa shape index (κ3) is 4.07. The molecule has 13 heavy (non-hydrogen) atoms. The van der Waals surface area contributed by atoms with Crippen molar-refractivity contribution >= 4 is 0 Å². The van der Waals surface area contributed by atoms with Gasteiger partial charge in [-0.3, -0.25) is 0 Å². The van der Waals surface area contributed by atoms with Gasteiger partial charge in [-0.2, -0.15) is 0 Å². The van der Waals surface area contributed by atoms with E-state index >= 15 is 0 Å². The van der Waals surface area contributed by atoms with Gasteiger partial charge in [-0.25, -0.2) is 0 Å². The Balaban J connectivity index is 2.17. The standard InChI is InChI=1S/C10H21NO2/c1-8-6-10(7-9(2)13-8)11-4-3-5-12/h8-12H,3-7H2,1-2H3. The number of ether oxygens (including phenoxy) is 1. The second-order valence-electron chi connectivity index (χ2n) is 3.96. The normalized spacial score (nSPS) is 34.8. The zero-order valence-electron chi connectivity index (χ0n) is 8.62. The molecule has 0 aromatic carbocycles. The molecule has 78 valence electrons. The van der Waals surface area contributed by atoms with Crippen LogP contribution in [-0.4, -0.2) is 36.5 Å². The third-order valence-electron chi connectivity index (χ3n) is 2.47. The molecule has 0 spiro atoms. The predicted molar refractivity (Wildman–Crippen MR) is 52.7 cm³/mol. The van der Waals surface area contributed by atoms with E-state index in [0.717, 1.165) is 25.8 Å². The van der Waals surface area contributed by atoms with Gasteiger partial charge in [0.2, 0.25) is 0 Å². The molecule has 2 unspecified atom stereocenters. The molecule has 0 amide bonds. The number of rotatable bonds is 4. The minimum Gasteiger partial charge on any atom is -0.396 e. The van der Waals surface area contributed by atoms with Crippen LogP contribution in [0.5, 0.6) is 0 Å². The summed E-state index contributed by atoms with van der Waals surface area (Å²) in [6.45, 7) is 5.44. The number of nitrogens with one attached hydrogen (secondary N) is 1. The fourth-order valence-electron chi connectivity index (χ4n) is 1.96. The lowest BCUT2D eigenvalue weighted by Crippen LogP contribution is -2.41. The zero-order chi connectivity index (χ0) is 9.68. The van der Waals surface area contributed by atoms with Crippen molar-refractivity contribution in [1.29, 1.82) is 0 Å². The smallest absolute Gasteiger partial charge is 0.0565 e. The molecular formula is C10H21NO2. The molecule has 1 saturated heterocycles. The first-order valence-electron chi connectivity index (χ1n) is 5.22. The Bertz CT molecular complexity index is 131. The topological polar surface area (TPSA) is 41.5 Å². The molecule has 2 N–H and O–H groups in total. The van der Waals surface area contributed by atoms with E-state index in [4.69, 9.17) is 9.84 Å². The van der Waals surface area contributed by atoms with E-state index in [9.17, 15) is 0 Å². The molecule has 0 saturated carbocycles. The summed E-state index contributed by atoms with van der Waals surface area (Å²) in [4.78, 5) is 0. The van der Waals surface area contributed by atoms with Gasteiger partial charge in [0.25, 0.3) is 0 Å². The lowest BCUT2D eigenvalue weighted by Gasteiger charge is -2.32. The Morgan fingerprint density at radius 1 is 1.31 bits per heavy atom. The average molecular weight is 187 g/mol. The van der Waals surface area contributed by atoms with E-state index in [1.165, 1.54) is 0 Å². The van der Waals surface area contributed by atoms with Gasteiger partial charge in [-0.1, -0.05) is 0 Å². The van der Waals surface area contributed by atoms with Crippen molar-refractivity contribution in [3.63, 3.8) is 0 Å². The van der Waals surface area contributed by atoms with E-state index in [2.05, 4.69) is 19.2 Å². The molecule has 0 aromatic heterocycles. The lowest BCUT2D eigenvalue weighted by atomic mass is 10.00. The van der Waals surface area contributed by atoms with Crippen molar-refractivity contribution in [1.82, 2.24) is 5.32 Å². The number of aliphatic hydroxyl groups excluding tert-OH is 1. The highest BCUT2D eigenvalue weighted by Crippen LogP contribution is 2.18. The second-order valence-corrected chi connectivity index (χ2v) is 3.96. The molecule has 0 bridgehead atoms. The number of hydrogen-bond donors (Lipinski definition) is 2. The molecule has 3 heteroatoms. The van der Waals surface area contributed by atoms with Crippen LogP contribution in [0.25, 0.3) is 0 Å². The quantitative estimate of drug-likeness (QED) is 0.643. The molecule has 3 nitrogen and oxygen atoms in total. The molecular weight excluding hydrogens is 166 g/mol. The predicted octanol–water partition coefficient (Wildman–Crippen LogP) is 0.914. The fraction of sp³-hybridized carbons (Fsp3) is 1.00. The van der Waals surface area contributed by atoms with Crippen LogP contribution in [0.2, 0.25) is 0 Å². The molecule has 0 radical (unpaired) electrons. The summed E-state index contributed by atoms with van der Waals surface area (Å²) >= 11 is 0. The second kappa shape index (κ2) is 5.58. The van der Waals surface area contributed by atoms with E-state index in [0.29, 0.717) is 18.2 Å². The summed E-state index contributed by atoms with van der Waals surface area (Å²) in [6, 6.07) is 0.574. The van der Waals surface area contributed by atoms with Gasteiger partial charge in [0.15, 0.2) is 0 Å². The van der Waals surface area contributed by atoms with Gasteiger partial charge in [-0.05, 0) is 39.7 Å². The maximum Gasteiger partial charge on any atom is 0.0565 e. The highest BCUT2D eigenvalue weighted by Gasteiger charge is 2.23. The summed E-state index contributed by atoms with van der Waals surface area (Å²) in [5.74, 6) is 0. The molecule has 2 atom stereocenters. The molecule has 0 aliphatic carbocycles. The summed E-state index contributed by atoms with van der Waals surface area (Å²) < 4.78 is 5.63. The highest BCUT2D eigenvalue weighted by molar-refractivity contribution is 4.78. The van der Waals surface area contributed by atoms with Crippen molar-refractivity contribution in [2.75, 3.05) is 13.2 Å². The van der Waals surface area contributed by atoms with Gasteiger partial charge in [-0.15, -0.1) is 0 Å². The zero-order valence-corrected chi connectivity index (χ0v) is 8.62. The monoisotopic (exact) mass is 187 g/mol. The summed E-state index contributed by atoms with van der Waals surface area (Å²) in [7, 11) is 0. The molecule has 1 heterocycles. The first-order chi connectivity index (χ1) is 6.22. The van der Waals surface area contributed by atoms with Crippen LogP contribution < -0.4 is 5.32 Å². The van der Waals surface area contributed by atoms with Crippen LogP contribution in [0.1, 0.15) is 33.1 Å². The van der Waals surface area contributed by atoms with Crippen LogP contribution in [0.4, 0.5) is 0 Å².